The standard InChI is InChI=1S/C25H29N3O2/c1-27(20-11-8-15-28(18-20)16-14-19-9-4-3-5-10-19)25(29)22-17-24(30-2)26-23-13-7-6-12-21(22)23/h3-7,9-10,12-13,17,20H,8,11,14-16,18H2,1-2H3. The number of fused-ring (bicyclic) bond motifs is 1. The van der Waals surface area contributed by atoms with Gasteiger partial charge >= 0.3 is 0 Å². The van der Waals surface area contributed by atoms with Crippen LogP contribution in [0.25, 0.3) is 10.9 Å². The number of hydrogen-bond acceptors (Lipinski definition) is 4. The Morgan fingerprint density at radius 3 is 2.73 bits per heavy atom. The molecule has 3 aromatic rings. The molecule has 5 nitrogen and oxygen atoms in total. The van der Waals surface area contributed by atoms with E-state index < -0.39 is 0 Å². The quantitative estimate of drug-likeness (QED) is 0.624. The number of para-hydroxylation sites is 1. The number of hydrogen-bond donors (Lipinski definition) is 0. The maximum atomic E-state index is 13.4. The highest BCUT2D eigenvalue weighted by Gasteiger charge is 2.27. The number of amides is 1. The molecule has 2 heterocycles. The smallest absolute Gasteiger partial charge is 0.254 e. The monoisotopic (exact) mass is 403 g/mol. The molecule has 5 heteroatoms. The van der Waals surface area contributed by atoms with Gasteiger partial charge in [0, 0.05) is 37.6 Å². The zero-order valence-electron chi connectivity index (χ0n) is 17.8. The number of carbonyl (C=O) groups is 1. The highest BCUT2D eigenvalue weighted by atomic mass is 16.5. The van der Waals surface area contributed by atoms with E-state index in [0.717, 1.165) is 49.8 Å². The third kappa shape index (κ3) is 4.46. The van der Waals surface area contributed by atoms with E-state index in [-0.39, 0.29) is 11.9 Å². The number of nitrogens with zero attached hydrogens (tertiary/aromatic N) is 3. The first kappa shape index (κ1) is 20.4. The Labute approximate surface area is 178 Å². The number of rotatable bonds is 6. The van der Waals surface area contributed by atoms with Gasteiger partial charge in [0.2, 0.25) is 5.88 Å². The third-order valence-corrected chi connectivity index (χ3v) is 6.04. The van der Waals surface area contributed by atoms with Crippen LogP contribution < -0.4 is 4.74 Å². The van der Waals surface area contributed by atoms with Crippen LogP contribution in [0, 0.1) is 0 Å². The lowest BCUT2D eigenvalue weighted by molar-refractivity contribution is 0.0621. The first-order valence-corrected chi connectivity index (χ1v) is 10.6. The molecular formula is C25H29N3O2. The predicted molar refractivity (Wildman–Crippen MR) is 120 cm³/mol. The van der Waals surface area contributed by atoms with Gasteiger partial charge in [-0.05, 0) is 37.4 Å². The fraction of sp³-hybridized carbons (Fsp3) is 0.360. The van der Waals surface area contributed by atoms with Crippen LogP contribution in [0.3, 0.4) is 0 Å². The van der Waals surface area contributed by atoms with Gasteiger partial charge < -0.3 is 14.5 Å². The van der Waals surface area contributed by atoms with Crippen LogP contribution in [-0.4, -0.2) is 60.5 Å². The number of carbonyl (C=O) groups excluding carboxylic acids is 1. The maximum Gasteiger partial charge on any atom is 0.254 e. The largest absolute Gasteiger partial charge is 0.481 e. The SMILES string of the molecule is COc1cc(C(=O)N(C)C2CCCN(CCc3ccccc3)C2)c2ccccc2n1. The summed E-state index contributed by atoms with van der Waals surface area (Å²) in [6.07, 6.45) is 3.18. The molecule has 0 bridgehead atoms. The van der Waals surface area contributed by atoms with Crippen LogP contribution in [0.4, 0.5) is 0 Å². The fourth-order valence-corrected chi connectivity index (χ4v) is 4.27. The summed E-state index contributed by atoms with van der Waals surface area (Å²) in [4.78, 5) is 22.3. The second-order valence-corrected chi connectivity index (χ2v) is 7.98. The van der Waals surface area contributed by atoms with E-state index in [2.05, 4.69) is 40.2 Å². The van der Waals surface area contributed by atoms with Crippen LogP contribution in [-0.2, 0) is 6.42 Å². The van der Waals surface area contributed by atoms with E-state index in [1.807, 2.05) is 36.2 Å². The van der Waals surface area contributed by atoms with Gasteiger partial charge in [-0.2, -0.15) is 0 Å². The number of likely N-dealkylation sites (N-methyl/N-ethyl adjacent to an activating group) is 1. The molecule has 1 saturated heterocycles. The summed E-state index contributed by atoms with van der Waals surface area (Å²) in [5.74, 6) is 0.500. The molecule has 0 saturated carbocycles. The lowest BCUT2D eigenvalue weighted by atomic mass is 10.0. The van der Waals surface area contributed by atoms with Crippen LogP contribution in [0.5, 0.6) is 5.88 Å². The number of pyridine rings is 1. The molecule has 2 aromatic carbocycles. The van der Waals surface area contributed by atoms with E-state index in [1.54, 1.807) is 13.2 Å². The minimum atomic E-state index is 0.0295. The van der Waals surface area contributed by atoms with Crippen molar-refractivity contribution in [1.29, 1.82) is 0 Å². The van der Waals surface area contributed by atoms with Crippen molar-refractivity contribution in [2.75, 3.05) is 33.8 Å². The van der Waals surface area contributed by atoms with Crippen molar-refractivity contribution in [2.45, 2.75) is 25.3 Å². The van der Waals surface area contributed by atoms with Crippen molar-refractivity contribution in [3.05, 3.63) is 71.8 Å². The molecule has 1 fully saturated rings. The van der Waals surface area contributed by atoms with Crippen molar-refractivity contribution >= 4 is 16.8 Å². The Morgan fingerprint density at radius 2 is 1.93 bits per heavy atom. The molecule has 1 aromatic heterocycles. The topological polar surface area (TPSA) is 45.7 Å². The lowest BCUT2D eigenvalue weighted by Gasteiger charge is -2.37. The van der Waals surface area contributed by atoms with Crippen molar-refractivity contribution < 1.29 is 9.53 Å². The molecule has 1 aliphatic heterocycles. The minimum absolute atomic E-state index is 0.0295. The number of aromatic nitrogens is 1. The molecule has 0 aliphatic carbocycles. The average Bonchev–Trinajstić information content (AvgIpc) is 2.82. The molecule has 0 N–H and O–H groups in total. The molecule has 1 atom stereocenters. The molecule has 1 amide bonds. The van der Waals surface area contributed by atoms with Gasteiger partial charge in [-0.15, -0.1) is 0 Å². The van der Waals surface area contributed by atoms with Gasteiger partial charge in [-0.3, -0.25) is 4.79 Å². The summed E-state index contributed by atoms with van der Waals surface area (Å²) in [5, 5.41) is 0.867. The van der Waals surface area contributed by atoms with Gasteiger partial charge in [-0.1, -0.05) is 48.5 Å². The zero-order chi connectivity index (χ0) is 20.9. The molecule has 1 unspecified atom stereocenters. The van der Waals surface area contributed by atoms with Crippen molar-refractivity contribution in [3.8, 4) is 5.88 Å². The van der Waals surface area contributed by atoms with E-state index in [4.69, 9.17) is 4.74 Å². The van der Waals surface area contributed by atoms with Gasteiger partial charge in [0.25, 0.3) is 5.91 Å². The molecule has 1 aliphatic rings. The normalized spacial score (nSPS) is 17.1. The number of benzene rings is 2. The Morgan fingerprint density at radius 1 is 1.17 bits per heavy atom. The Bertz CT molecular complexity index is 1010. The van der Waals surface area contributed by atoms with Gasteiger partial charge in [0.1, 0.15) is 0 Å². The highest BCUT2D eigenvalue weighted by molar-refractivity contribution is 6.06. The number of likely N-dealkylation sites (tertiary alicyclic amines) is 1. The van der Waals surface area contributed by atoms with Crippen LogP contribution in [0.15, 0.2) is 60.7 Å². The molecular weight excluding hydrogens is 374 g/mol. The fourth-order valence-electron chi connectivity index (χ4n) is 4.27. The van der Waals surface area contributed by atoms with Crippen molar-refractivity contribution in [1.82, 2.24) is 14.8 Å². The maximum absolute atomic E-state index is 13.4. The number of methoxy groups -OCH3 is 1. The van der Waals surface area contributed by atoms with Crippen molar-refractivity contribution in [3.63, 3.8) is 0 Å². The molecule has 0 spiro atoms. The zero-order valence-corrected chi connectivity index (χ0v) is 17.8. The highest BCUT2D eigenvalue weighted by Crippen LogP contribution is 2.25. The molecule has 0 radical (unpaired) electrons. The second kappa shape index (κ2) is 9.26. The lowest BCUT2D eigenvalue weighted by Crippen LogP contribution is -2.49. The van der Waals surface area contributed by atoms with E-state index in [0.29, 0.717) is 11.4 Å². The second-order valence-electron chi connectivity index (χ2n) is 7.98. The Hall–Kier alpha value is -2.92. The Kier molecular flexibility index (Phi) is 6.29. The van der Waals surface area contributed by atoms with E-state index >= 15 is 0 Å². The Balaban J connectivity index is 1.48. The summed E-state index contributed by atoms with van der Waals surface area (Å²) in [5.41, 5.74) is 2.79. The molecule has 4 rings (SSSR count). The van der Waals surface area contributed by atoms with Crippen LogP contribution in [0.1, 0.15) is 28.8 Å². The summed E-state index contributed by atoms with van der Waals surface area (Å²) in [6, 6.07) is 20.3. The predicted octanol–water partition coefficient (Wildman–Crippen LogP) is 4.02. The van der Waals surface area contributed by atoms with Gasteiger partial charge in [-0.25, -0.2) is 4.98 Å². The first-order chi connectivity index (χ1) is 14.7. The van der Waals surface area contributed by atoms with Gasteiger partial charge in [0.05, 0.1) is 18.2 Å². The summed E-state index contributed by atoms with van der Waals surface area (Å²) < 4.78 is 5.34. The minimum Gasteiger partial charge on any atom is -0.481 e. The van der Waals surface area contributed by atoms with E-state index in [9.17, 15) is 4.79 Å². The first-order valence-electron chi connectivity index (χ1n) is 10.6. The average molecular weight is 404 g/mol. The summed E-state index contributed by atoms with van der Waals surface area (Å²) in [7, 11) is 3.51. The molecule has 30 heavy (non-hydrogen) atoms. The summed E-state index contributed by atoms with van der Waals surface area (Å²) in [6.45, 7) is 3.03. The van der Waals surface area contributed by atoms with Crippen molar-refractivity contribution in [2.24, 2.45) is 0 Å². The third-order valence-electron chi connectivity index (χ3n) is 6.04. The van der Waals surface area contributed by atoms with Crippen LogP contribution >= 0.6 is 0 Å². The van der Waals surface area contributed by atoms with Gasteiger partial charge in [0.15, 0.2) is 0 Å². The number of piperidine rings is 1. The summed E-state index contributed by atoms with van der Waals surface area (Å²) >= 11 is 0. The molecule has 156 valence electrons. The number of ether oxygens (including phenoxy) is 1. The van der Waals surface area contributed by atoms with Crippen LogP contribution in [0.2, 0.25) is 0 Å². The van der Waals surface area contributed by atoms with E-state index in [1.165, 1.54) is 5.56 Å².